The SMILES string of the molecule is Cc1ccnc(SC(C)C(C)C)c1C#N. The molecule has 0 aliphatic heterocycles. The van der Waals surface area contributed by atoms with Gasteiger partial charge in [-0.3, -0.25) is 0 Å². The molecule has 0 fully saturated rings. The maximum absolute atomic E-state index is 9.05. The van der Waals surface area contributed by atoms with E-state index in [1.54, 1.807) is 18.0 Å². The fourth-order valence-electron chi connectivity index (χ4n) is 1.07. The average molecular weight is 220 g/mol. The Labute approximate surface area is 95.7 Å². The van der Waals surface area contributed by atoms with Crippen LogP contribution in [-0.4, -0.2) is 10.2 Å². The minimum Gasteiger partial charge on any atom is -0.249 e. The van der Waals surface area contributed by atoms with Crippen molar-refractivity contribution in [1.29, 1.82) is 5.26 Å². The van der Waals surface area contributed by atoms with E-state index in [4.69, 9.17) is 5.26 Å². The van der Waals surface area contributed by atoms with E-state index in [1.807, 2.05) is 13.0 Å². The highest BCUT2D eigenvalue weighted by atomic mass is 32.2. The van der Waals surface area contributed by atoms with Crippen LogP contribution in [0.2, 0.25) is 0 Å². The molecule has 3 heteroatoms. The Bertz CT molecular complexity index is 380. The highest BCUT2D eigenvalue weighted by Crippen LogP contribution is 2.29. The average Bonchev–Trinajstić information content (AvgIpc) is 2.18. The predicted octanol–water partition coefficient (Wildman–Crippen LogP) is 3.40. The van der Waals surface area contributed by atoms with Crippen LogP contribution >= 0.6 is 11.8 Å². The van der Waals surface area contributed by atoms with Gasteiger partial charge in [0.15, 0.2) is 0 Å². The number of thioether (sulfide) groups is 1. The van der Waals surface area contributed by atoms with E-state index in [1.165, 1.54) is 0 Å². The second-order valence-electron chi connectivity index (χ2n) is 3.99. The highest BCUT2D eigenvalue weighted by Gasteiger charge is 2.13. The molecule has 0 aliphatic carbocycles. The number of nitrogens with zero attached hydrogens (tertiary/aromatic N) is 2. The van der Waals surface area contributed by atoms with Crippen molar-refractivity contribution in [2.45, 2.75) is 38.0 Å². The van der Waals surface area contributed by atoms with Gasteiger partial charge in [0, 0.05) is 11.4 Å². The van der Waals surface area contributed by atoms with Gasteiger partial charge in [-0.25, -0.2) is 4.98 Å². The smallest absolute Gasteiger partial charge is 0.114 e. The lowest BCUT2D eigenvalue weighted by atomic mass is 10.2. The first-order valence-electron chi connectivity index (χ1n) is 5.08. The Morgan fingerprint density at radius 1 is 1.40 bits per heavy atom. The summed E-state index contributed by atoms with van der Waals surface area (Å²) in [7, 11) is 0. The Morgan fingerprint density at radius 2 is 2.07 bits per heavy atom. The molecule has 0 radical (unpaired) electrons. The van der Waals surface area contributed by atoms with Gasteiger partial charge in [0.1, 0.15) is 11.1 Å². The van der Waals surface area contributed by atoms with Crippen molar-refractivity contribution in [3.8, 4) is 6.07 Å². The van der Waals surface area contributed by atoms with Crippen molar-refractivity contribution in [2.24, 2.45) is 5.92 Å². The second-order valence-corrected chi connectivity index (χ2v) is 5.35. The molecule has 1 unspecified atom stereocenters. The first-order valence-corrected chi connectivity index (χ1v) is 5.96. The summed E-state index contributed by atoms with van der Waals surface area (Å²) in [5.41, 5.74) is 1.72. The number of nitriles is 1. The second kappa shape index (κ2) is 5.18. The molecule has 0 amide bonds. The third-order valence-corrected chi connectivity index (χ3v) is 3.92. The number of pyridine rings is 1. The number of aromatic nitrogens is 1. The van der Waals surface area contributed by atoms with Gasteiger partial charge in [0.25, 0.3) is 0 Å². The lowest BCUT2D eigenvalue weighted by Gasteiger charge is -2.15. The van der Waals surface area contributed by atoms with Crippen molar-refractivity contribution in [3.63, 3.8) is 0 Å². The number of hydrogen-bond donors (Lipinski definition) is 0. The zero-order valence-electron chi connectivity index (χ0n) is 9.61. The molecular weight excluding hydrogens is 204 g/mol. The summed E-state index contributed by atoms with van der Waals surface area (Å²) in [6.07, 6.45) is 1.77. The van der Waals surface area contributed by atoms with Gasteiger partial charge < -0.3 is 0 Å². The van der Waals surface area contributed by atoms with Crippen LogP contribution in [0, 0.1) is 24.2 Å². The third-order valence-electron chi connectivity index (χ3n) is 2.47. The minimum atomic E-state index is 0.478. The molecule has 0 saturated carbocycles. The summed E-state index contributed by atoms with van der Waals surface area (Å²) in [5.74, 6) is 0.587. The van der Waals surface area contributed by atoms with Crippen molar-refractivity contribution in [3.05, 3.63) is 23.4 Å². The summed E-state index contributed by atoms with van der Waals surface area (Å²) in [5, 5.41) is 10.4. The van der Waals surface area contributed by atoms with Crippen LogP contribution in [0.25, 0.3) is 0 Å². The normalized spacial score (nSPS) is 12.5. The zero-order chi connectivity index (χ0) is 11.4. The summed E-state index contributed by atoms with van der Waals surface area (Å²) >= 11 is 1.68. The Kier molecular flexibility index (Phi) is 4.16. The fraction of sp³-hybridized carbons (Fsp3) is 0.500. The molecule has 0 spiro atoms. The van der Waals surface area contributed by atoms with Gasteiger partial charge in [-0.15, -0.1) is 11.8 Å². The Morgan fingerprint density at radius 3 is 2.60 bits per heavy atom. The summed E-state index contributed by atoms with van der Waals surface area (Å²) < 4.78 is 0. The molecule has 1 rings (SSSR count). The quantitative estimate of drug-likeness (QED) is 0.732. The fourth-order valence-corrected chi connectivity index (χ4v) is 2.14. The number of rotatable bonds is 3. The van der Waals surface area contributed by atoms with Crippen molar-refractivity contribution in [1.82, 2.24) is 4.98 Å². The van der Waals surface area contributed by atoms with Crippen LogP contribution in [0.4, 0.5) is 0 Å². The van der Waals surface area contributed by atoms with E-state index >= 15 is 0 Å². The lowest BCUT2D eigenvalue weighted by molar-refractivity contribution is 0.641. The van der Waals surface area contributed by atoms with Gasteiger partial charge in [0.2, 0.25) is 0 Å². The van der Waals surface area contributed by atoms with E-state index < -0.39 is 0 Å². The molecule has 1 heterocycles. The molecular formula is C12H16N2S. The Balaban J connectivity index is 2.96. The summed E-state index contributed by atoms with van der Waals surface area (Å²) in [6, 6.07) is 4.10. The van der Waals surface area contributed by atoms with Crippen molar-refractivity contribution in [2.75, 3.05) is 0 Å². The lowest BCUT2D eigenvalue weighted by Crippen LogP contribution is -2.06. The van der Waals surface area contributed by atoms with Crippen molar-refractivity contribution < 1.29 is 0 Å². The first-order chi connectivity index (χ1) is 7.06. The van der Waals surface area contributed by atoms with Crippen LogP contribution in [0.1, 0.15) is 31.9 Å². The molecule has 0 aliphatic rings. The maximum atomic E-state index is 9.05. The molecule has 1 aromatic heterocycles. The van der Waals surface area contributed by atoms with Gasteiger partial charge in [-0.1, -0.05) is 20.8 Å². The van der Waals surface area contributed by atoms with E-state index in [-0.39, 0.29) is 0 Å². The van der Waals surface area contributed by atoms with Gasteiger partial charge in [0.05, 0.1) is 5.56 Å². The van der Waals surface area contributed by atoms with Crippen molar-refractivity contribution >= 4 is 11.8 Å². The van der Waals surface area contributed by atoms with Crippen LogP contribution in [0.15, 0.2) is 17.3 Å². The van der Waals surface area contributed by atoms with Gasteiger partial charge in [-0.2, -0.15) is 5.26 Å². The maximum Gasteiger partial charge on any atom is 0.114 e. The molecule has 0 N–H and O–H groups in total. The number of hydrogen-bond acceptors (Lipinski definition) is 3. The van der Waals surface area contributed by atoms with E-state index in [0.717, 1.165) is 16.2 Å². The minimum absolute atomic E-state index is 0.478. The summed E-state index contributed by atoms with van der Waals surface area (Å²) in [6.45, 7) is 8.48. The van der Waals surface area contributed by atoms with E-state index in [0.29, 0.717) is 11.2 Å². The molecule has 1 aromatic rings. The molecule has 0 saturated heterocycles. The number of aryl methyl sites for hydroxylation is 1. The van der Waals surface area contributed by atoms with Crippen LogP contribution in [-0.2, 0) is 0 Å². The Hall–Kier alpha value is -1.01. The van der Waals surface area contributed by atoms with E-state index in [9.17, 15) is 0 Å². The zero-order valence-corrected chi connectivity index (χ0v) is 10.4. The largest absolute Gasteiger partial charge is 0.249 e. The molecule has 80 valence electrons. The van der Waals surface area contributed by atoms with Gasteiger partial charge in [-0.05, 0) is 24.5 Å². The van der Waals surface area contributed by atoms with Crippen LogP contribution in [0.5, 0.6) is 0 Å². The van der Waals surface area contributed by atoms with E-state index in [2.05, 4.69) is 31.8 Å². The topological polar surface area (TPSA) is 36.7 Å². The van der Waals surface area contributed by atoms with Crippen LogP contribution in [0.3, 0.4) is 0 Å². The molecule has 0 aromatic carbocycles. The highest BCUT2D eigenvalue weighted by molar-refractivity contribution is 7.99. The summed E-state index contributed by atoms with van der Waals surface area (Å²) in [4.78, 5) is 4.27. The molecule has 1 atom stereocenters. The predicted molar refractivity (Wildman–Crippen MR) is 63.8 cm³/mol. The molecule has 0 bridgehead atoms. The monoisotopic (exact) mass is 220 g/mol. The van der Waals surface area contributed by atoms with Crippen LogP contribution < -0.4 is 0 Å². The van der Waals surface area contributed by atoms with Gasteiger partial charge >= 0.3 is 0 Å². The first kappa shape index (κ1) is 12.1. The molecule has 15 heavy (non-hydrogen) atoms. The standard InChI is InChI=1S/C12H16N2S/c1-8(2)10(4)15-12-11(7-13)9(3)5-6-14-12/h5-6,8,10H,1-4H3. The molecule has 2 nitrogen and oxygen atoms in total. The third kappa shape index (κ3) is 2.97.